The zero-order chi connectivity index (χ0) is 20.1. The molecule has 7 heteroatoms. The number of carbonyl (C=O) groups excluding carboxylic acids is 1. The molecule has 1 aromatic heterocycles. The Balaban J connectivity index is 1.55. The zero-order valence-electron chi connectivity index (χ0n) is 16.1. The second-order valence-electron chi connectivity index (χ2n) is 6.89. The van der Waals surface area contributed by atoms with Crippen molar-refractivity contribution in [1.82, 2.24) is 20.0 Å². The molecule has 1 aliphatic heterocycles. The monoisotopic (exact) mass is 410 g/mol. The van der Waals surface area contributed by atoms with Crippen LogP contribution in [0.25, 0.3) is 16.9 Å². The first kappa shape index (κ1) is 19.6. The van der Waals surface area contributed by atoms with Gasteiger partial charge in [0.2, 0.25) is 0 Å². The van der Waals surface area contributed by atoms with Gasteiger partial charge in [-0.1, -0.05) is 41.9 Å². The smallest absolute Gasteiger partial charge is 0.255 e. The Morgan fingerprint density at radius 3 is 2.52 bits per heavy atom. The molecule has 0 bridgehead atoms. The van der Waals surface area contributed by atoms with Crippen LogP contribution in [0.2, 0.25) is 5.02 Å². The van der Waals surface area contributed by atoms with E-state index in [4.69, 9.17) is 16.3 Å². The summed E-state index contributed by atoms with van der Waals surface area (Å²) in [6, 6.07) is 17.1. The number of para-hydroxylation sites is 1. The van der Waals surface area contributed by atoms with Crippen LogP contribution in [-0.2, 0) is 4.74 Å². The topological polar surface area (TPSA) is 59.4 Å². The third kappa shape index (κ3) is 4.85. The van der Waals surface area contributed by atoms with Gasteiger partial charge in [0.25, 0.3) is 5.91 Å². The number of amides is 1. The van der Waals surface area contributed by atoms with E-state index in [1.807, 2.05) is 42.5 Å². The molecule has 0 unspecified atom stereocenters. The minimum Gasteiger partial charge on any atom is -0.379 e. The molecule has 1 fully saturated rings. The van der Waals surface area contributed by atoms with Crippen molar-refractivity contribution in [2.45, 2.75) is 0 Å². The van der Waals surface area contributed by atoms with Gasteiger partial charge in [-0.2, -0.15) is 5.10 Å². The molecule has 2 aromatic carbocycles. The molecule has 1 N–H and O–H groups in total. The summed E-state index contributed by atoms with van der Waals surface area (Å²) in [7, 11) is 0. The summed E-state index contributed by atoms with van der Waals surface area (Å²) in [6.45, 7) is 4.68. The first-order valence-electron chi connectivity index (χ1n) is 9.70. The molecule has 1 amide bonds. The predicted molar refractivity (Wildman–Crippen MR) is 114 cm³/mol. The number of rotatable bonds is 6. The molecule has 0 aliphatic carbocycles. The van der Waals surface area contributed by atoms with E-state index in [-0.39, 0.29) is 5.91 Å². The molecule has 1 aliphatic rings. The standard InChI is InChI=1S/C22H23ClN4O2/c23-18-8-6-17(7-9-18)21-20(16-27(25-21)19-4-2-1-3-5-19)22(28)24-10-11-26-12-14-29-15-13-26/h1-9,16H,10-15H2,(H,24,28). The SMILES string of the molecule is O=C(NCCN1CCOCC1)c1cn(-c2ccccc2)nc1-c1ccc(Cl)cc1. The number of hydrogen-bond donors (Lipinski definition) is 1. The average molecular weight is 411 g/mol. The summed E-state index contributed by atoms with van der Waals surface area (Å²) in [5.74, 6) is -0.134. The summed E-state index contributed by atoms with van der Waals surface area (Å²) in [5, 5.41) is 8.36. The molecule has 0 radical (unpaired) electrons. The van der Waals surface area contributed by atoms with Crippen molar-refractivity contribution in [2.75, 3.05) is 39.4 Å². The van der Waals surface area contributed by atoms with Crippen LogP contribution in [-0.4, -0.2) is 60.0 Å². The fourth-order valence-corrected chi connectivity index (χ4v) is 3.45. The lowest BCUT2D eigenvalue weighted by Gasteiger charge is -2.26. The van der Waals surface area contributed by atoms with Gasteiger partial charge in [-0.05, 0) is 24.3 Å². The summed E-state index contributed by atoms with van der Waals surface area (Å²) < 4.78 is 7.10. The Labute approximate surface area is 175 Å². The normalized spacial score (nSPS) is 14.7. The largest absolute Gasteiger partial charge is 0.379 e. The predicted octanol–water partition coefficient (Wildman–Crippen LogP) is 3.25. The van der Waals surface area contributed by atoms with Gasteiger partial charge in [0.1, 0.15) is 5.69 Å². The maximum absolute atomic E-state index is 13.0. The molecule has 4 rings (SSSR count). The lowest BCUT2D eigenvalue weighted by atomic mass is 10.1. The lowest BCUT2D eigenvalue weighted by Crippen LogP contribution is -2.41. The van der Waals surface area contributed by atoms with E-state index < -0.39 is 0 Å². The summed E-state index contributed by atoms with van der Waals surface area (Å²) in [5.41, 5.74) is 2.92. The first-order valence-corrected chi connectivity index (χ1v) is 10.1. The van der Waals surface area contributed by atoms with Gasteiger partial charge in [0.15, 0.2) is 0 Å². The number of morpholine rings is 1. The van der Waals surface area contributed by atoms with Crippen molar-refractivity contribution in [3.05, 3.63) is 71.4 Å². The van der Waals surface area contributed by atoms with Crippen LogP contribution in [0.4, 0.5) is 0 Å². The van der Waals surface area contributed by atoms with Crippen molar-refractivity contribution >= 4 is 17.5 Å². The third-order valence-electron chi connectivity index (χ3n) is 4.91. The number of ether oxygens (including phenoxy) is 1. The van der Waals surface area contributed by atoms with Gasteiger partial charge in [-0.15, -0.1) is 0 Å². The summed E-state index contributed by atoms with van der Waals surface area (Å²) >= 11 is 6.03. The van der Waals surface area contributed by atoms with Crippen LogP contribution in [0.1, 0.15) is 10.4 Å². The minimum absolute atomic E-state index is 0.134. The minimum atomic E-state index is -0.134. The second kappa shape index (κ2) is 9.22. The van der Waals surface area contributed by atoms with E-state index in [0.29, 0.717) is 22.8 Å². The van der Waals surface area contributed by atoms with Gasteiger partial charge in [0.05, 0.1) is 24.5 Å². The highest BCUT2D eigenvalue weighted by Gasteiger charge is 2.19. The molecular formula is C22H23ClN4O2. The van der Waals surface area contributed by atoms with Crippen molar-refractivity contribution in [3.8, 4) is 16.9 Å². The molecular weight excluding hydrogens is 388 g/mol. The van der Waals surface area contributed by atoms with Gasteiger partial charge < -0.3 is 10.1 Å². The van der Waals surface area contributed by atoms with Crippen LogP contribution in [0, 0.1) is 0 Å². The van der Waals surface area contributed by atoms with Crippen LogP contribution >= 0.6 is 11.6 Å². The first-order chi connectivity index (χ1) is 14.2. The van der Waals surface area contributed by atoms with Crippen LogP contribution < -0.4 is 5.32 Å². The Morgan fingerprint density at radius 1 is 1.07 bits per heavy atom. The summed E-state index contributed by atoms with van der Waals surface area (Å²) in [4.78, 5) is 15.2. The molecule has 6 nitrogen and oxygen atoms in total. The van der Waals surface area contributed by atoms with Gasteiger partial charge >= 0.3 is 0 Å². The fourth-order valence-electron chi connectivity index (χ4n) is 3.32. The number of halogens is 1. The van der Waals surface area contributed by atoms with E-state index >= 15 is 0 Å². The molecule has 2 heterocycles. The fraction of sp³-hybridized carbons (Fsp3) is 0.273. The number of hydrogen-bond acceptors (Lipinski definition) is 4. The van der Waals surface area contributed by atoms with Crippen molar-refractivity contribution in [3.63, 3.8) is 0 Å². The Kier molecular flexibility index (Phi) is 6.24. The Hall–Kier alpha value is -2.67. The van der Waals surface area contributed by atoms with E-state index in [9.17, 15) is 4.79 Å². The molecule has 0 atom stereocenters. The highest BCUT2D eigenvalue weighted by atomic mass is 35.5. The Bertz CT molecular complexity index is 951. The molecule has 150 valence electrons. The number of benzene rings is 2. The zero-order valence-corrected chi connectivity index (χ0v) is 16.8. The van der Waals surface area contributed by atoms with E-state index in [2.05, 4.69) is 15.3 Å². The lowest BCUT2D eigenvalue weighted by molar-refractivity contribution is 0.0383. The van der Waals surface area contributed by atoms with E-state index in [0.717, 1.165) is 44.1 Å². The Morgan fingerprint density at radius 2 is 1.79 bits per heavy atom. The highest BCUT2D eigenvalue weighted by molar-refractivity contribution is 6.30. The molecule has 0 saturated carbocycles. The molecule has 3 aromatic rings. The van der Waals surface area contributed by atoms with Gasteiger partial charge in [-0.25, -0.2) is 4.68 Å². The van der Waals surface area contributed by atoms with Crippen molar-refractivity contribution in [2.24, 2.45) is 0 Å². The van der Waals surface area contributed by atoms with E-state index in [1.165, 1.54) is 0 Å². The van der Waals surface area contributed by atoms with Gasteiger partial charge in [-0.3, -0.25) is 9.69 Å². The quantitative estimate of drug-likeness (QED) is 0.677. The second-order valence-corrected chi connectivity index (χ2v) is 7.32. The number of carbonyl (C=O) groups is 1. The van der Waals surface area contributed by atoms with Crippen molar-refractivity contribution < 1.29 is 9.53 Å². The van der Waals surface area contributed by atoms with Gasteiger partial charge in [0, 0.05) is 43.0 Å². The summed E-state index contributed by atoms with van der Waals surface area (Å²) in [6.07, 6.45) is 1.78. The maximum atomic E-state index is 13.0. The van der Waals surface area contributed by atoms with Crippen LogP contribution in [0.3, 0.4) is 0 Å². The maximum Gasteiger partial charge on any atom is 0.255 e. The average Bonchev–Trinajstić information content (AvgIpc) is 3.21. The molecule has 1 saturated heterocycles. The number of aromatic nitrogens is 2. The van der Waals surface area contributed by atoms with Crippen LogP contribution in [0.5, 0.6) is 0 Å². The number of nitrogens with zero attached hydrogens (tertiary/aromatic N) is 3. The molecule has 0 spiro atoms. The highest BCUT2D eigenvalue weighted by Crippen LogP contribution is 2.25. The number of nitrogens with one attached hydrogen (secondary N) is 1. The molecule has 29 heavy (non-hydrogen) atoms. The van der Waals surface area contributed by atoms with Crippen LogP contribution in [0.15, 0.2) is 60.8 Å². The third-order valence-corrected chi connectivity index (χ3v) is 5.17. The van der Waals surface area contributed by atoms with E-state index in [1.54, 1.807) is 23.0 Å². The van der Waals surface area contributed by atoms with Crippen molar-refractivity contribution in [1.29, 1.82) is 0 Å².